The molecule has 0 spiro atoms. The fraction of sp³-hybridized carbons (Fsp3) is 1.00. The van der Waals surface area contributed by atoms with E-state index in [2.05, 4.69) is 33.0 Å². The number of nitrogens with one attached hydrogen (secondary N) is 1. The van der Waals surface area contributed by atoms with Gasteiger partial charge < -0.3 is 5.32 Å². The average molecular weight is 234 g/mol. The van der Waals surface area contributed by atoms with E-state index in [0.29, 0.717) is 5.41 Å². The first-order chi connectivity index (χ1) is 7.05. The predicted octanol–water partition coefficient (Wildman–Crippen LogP) is 4.06. The molecule has 0 aromatic carbocycles. The van der Waals surface area contributed by atoms with E-state index in [1.54, 1.807) is 0 Å². The molecule has 0 rings (SSSR count). The van der Waals surface area contributed by atoms with E-state index in [4.69, 9.17) is 11.6 Å². The summed E-state index contributed by atoms with van der Waals surface area (Å²) in [7, 11) is 0. The number of rotatable bonds is 9. The van der Waals surface area contributed by atoms with Gasteiger partial charge in [0.15, 0.2) is 0 Å². The van der Waals surface area contributed by atoms with Gasteiger partial charge in [0.25, 0.3) is 0 Å². The third-order valence-corrected chi connectivity index (χ3v) is 3.45. The minimum absolute atomic E-state index is 0.390. The van der Waals surface area contributed by atoms with Crippen molar-refractivity contribution in [2.24, 2.45) is 11.3 Å². The Balaban J connectivity index is 3.63. The molecule has 2 heteroatoms. The quantitative estimate of drug-likeness (QED) is 0.593. The number of halogens is 1. The van der Waals surface area contributed by atoms with E-state index in [1.807, 2.05) is 0 Å². The van der Waals surface area contributed by atoms with Gasteiger partial charge in [-0.2, -0.15) is 0 Å². The summed E-state index contributed by atoms with van der Waals surface area (Å²) in [6.45, 7) is 11.5. The lowest BCUT2D eigenvalue weighted by Gasteiger charge is -2.26. The summed E-state index contributed by atoms with van der Waals surface area (Å²) in [5.41, 5.74) is 0.390. The van der Waals surface area contributed by atoms with Crippen LogP contribution in [0.15, 0.2) is 0 Å². The van der Waals surface area contributed by atoms with Crippen molar-refractivity contribution in [1.82, 2.24) is 5.32 Å². The molecule has 15 heavy (non-hydrogen) atoms. The Hall–Kier alpha value is 0.250. The second-order valence-electron chi connectivity index (χ2n) is 5.27. The van der Waals surface area contributed by atoms with Crippen LogP contribution in [0.2, 0.25) is 0 Å². The van der Waals surface area contributed by atoms with E-state index in [0.717, 1.165) is 31.3 Å². The summed E-state index contributed by atoms with van der Waals surface area (Å²) in [6.07, 6.45) is 4.91. The van der Waals surface area contributed by atoms with Gasteiger partial charge in [-0.25, -0.2) is 0 Å². The topological polar surface area (TPSA) is 12.0 Å². The first-order valence-corrected chi connectivity index (χ1v) is 6.85. The zero-order valence-electron chi connectivity index (χ0n) is 10.9. The Morgan fingerprint density at radius 2 is 1.80 bits per heavy atom. The minimum Gasteiger partial charge on any atom is -0.316 e. The van der Waals surface area contributed by atoms with Crippen molar-refractivity contribution < 1.29 is 0 Å². The third-order valence-electron chi connectivity index (χ3n) is 3.18. The molecular weight excluding hydrogens is 206 g/mol. The highest BCUT2D eigenvalue weighted by molar-refractivity contribution is 6.17. The zero-order valence-corrected chi connectivity index (χ0v) is 11.7. The maximum absolute atomic E-state index is 5.72. The molecule has 0 aliphatic heterocycles. The van der Waals surface area contributed by atoms with Crippen LogP contribution in [0.5, 0.6) is 0 Å². The summed E-state index contributed by atoms with van der Waals surface area (Å²) in [5.74, 6) is 1.63. The highest BCUT2D eigenvalue weighted by Crippen LogP contribution is 2.21. The maximum atomic E-state index is 5.72. The number of hydrogen-bond donors (Lipinski definition) is 1. The van der Waals surface area contributed by atoms with Crippen molar-refractivity contribution >= 4 is 11.6 Å². The Bertz CT molecular complexity index is 141. The van der Waals surface area contributed by atoms with E-state index in [9.17, 15) is 0 Å². The van der Waals surface area contributed by atoms with Gasteiger partial charge in [0.1, 0.15) is 0 Å². The lowest BCUT2D eigenvalue weighted by Crippen LogP contribution is -2.32. The Morgan fingerprint density at radius 1 is 1.20 bits per heavy atom. The molecule has 0 aliphatic rings. The SMILES string of the molecule is CCC(CC)CNCC(C)(C)CCCCl. The molecule has 0 aromatic rings. The average Bonchev–Trinajstić information content (AvgIpc) is 2.22. The minimum atomic E-state index is 0.390. The second kappa shape index (κ2) is 8.41. The summed E-state index contributed by atoms with van der Waals surface area (Å²) in [4.78, 5) is 0. The summed E-state index contributed by atoms with van der Waals surface area (Å²) < 4.78 is 0. The highest BCUT2D eigenvalue weighted by Gasteiger charge is 2.16. The fourth-order valence-corrected chi connectivity index (χ4v) is 1.96. The summed E-state index contributed by atoms with van der Waals surface area (Å²) >= 11 is 5.72. The van der Waals surface area contributed by atoms with Crippen molar-refractivity contribution in [3.63, 3.8) is 0 Å². The lowest BCUT2D eigenvalue weighted by atomic mass is 9.88. The van der Waals surface area contributed by atoms with Crippen molar-refractivity contribution in [2.45, 2.75) is 53.4 Å². The van der Waals surface area contributed by atoms with E-state index in [1.165, 1.54) is 19.3 Å². The molecule has 0 saturated heterocycles. The molecule has 0 radical (unpaired) electrons. The Labute approximate surface area is 101 Å². The highest BCUT2D eigenvalue weighted by atomic mass is 35.5. The van der Waals surface area contributed by atoms with Gasteiger partial charge in [-0.15, -0.1) is 11.6 Å². The van der Waals surface area contributed by atoms with Gasteiger partial charge in [0, 0.05) is 12.4 Å². The summed E-state index contributed by atoms with van der Waals surface area (Å²) in [5, 5.41) is 3.59. The van der Waals surface area contributed by atoms with Gasteiger partial charge in [0.2, 0.25) is 0 Å². The van der Waals surface area contributed by atoms with E-state index < -0.39 is 0 Å². The molecule has 0 saturated carbocycles. The van der Waals surface area contributed by atoms with Crippen molar-refractivity contribution in [3.05, 3.63) is 0 Å². The van der Waals surface area contributed by atoms with Crippen molar-refractivity contribution in [1.29, 1.82) is 0 Å². The zero-order chi connectivity index (χ0) is 11.7. The predicted molar refractivity (Wildman–Crippen MR) is 70.7 cm³/mol. The monoisotopic (exact) mass is 233 g/mol. The number of alkyl halides is 1. The standard InChI is InChI=1S/C13H28ClN/c1-5-12(6-2)10-15-11-13(3,4)8-7-9-14/h12,15H,5-11H2,1-4H3. The van der Waals surface area contributed by atoms with Gasteiger partial charge in [-0.3, -0.25) is 0 Å². The normalized spacial score (nSPS) is 12.4. The molecule has 0 aromatic heterocycles. The van der Waals surface area contributed by atoms with E-state index in [-0.39, 0.29) is 0 Å². The third kappa shape index (κ3) is 8.10. The van der Waals surface area contributed by atoms with Gasteiger partial charge in [0.05, 0.1) is 0 Å². The van der Waals surface area contributed by atoms with Crippen LogP contribution in [0.1, 0.15) is 53.4 Å². The van der Waals surface area contributed by atoms with Crippen LogP contribution in [0.25, 0.3) is 0 Å². The largest absolute Gasteiger partial charge is 0.316 e. The molecule has 0 aliphatic carbocycles. The van der Waals surface area contributed by atoms with Crippen LogP contribution in [0.3, 0.4) is 0 Å². The van der Waals surface area contributed by atoms with Crippen LogP contribution in [0, 0.1) is 11.3 Å². The van der Waals surface area contributed by atoms with Gasteiger partial charge in [-0.05, 0) is 30.7 Å². The van der Waals surface area contributed by atoms with Crippen LogP contribution < -0.4 is 5.32 Å². The molecule has 0 fully saturated rings. The van der Waals surface area contributed by atoms with E-state index >= 15 is 0 Å². The Kier molecular flexibility index (Phi) is 8.55. The van der Waals surface area contributed by atoms with Crippen LogP contribution in [-0.4, -0.2) is 19.0 Å². The molecule has 92 valence electrons. The molecule has 0 amide bonds. The first kappa shape index (κ1) is 15.2. The molecule has 0 heterocycles. The van der Waals surface area contributed by atoms with Crippen LogP contribution in [-0.2, 0) is 0 Å². The van der Waals surface area contributed by atoms with Crippen LogP contribution >= 0.6 is 11.6 Å². The maximum Gasteiger partial charge on any atom is 0.0223 e. The van der Waals surface area contributed by atoms with Crippen molar-refractivity contribution in [3.8, 4) is 0 Å². The molecule has 0 unspecified atom stereocenters. The molecule has 0 bridgehead atoms. The van der Waals surface area contributed by atoms with Crippen molar-refractivity contribution in [2.75, 3.05) is 19.0 Å². The molecule has 1 nitrogen and oxygen atoms in total. The van der Waals surface area contributed by atoms with Gasteiger partial charge >= 0.3 is 0 Å². The van der Waals surface area contributed by atoms with Crippen LogP contribution in [0.4, 0.5) is 0 Å². The number of hydrogen-bond acceptors (Lipinski definition) is 1. The van der Waals surface area contributed by atoms with Gasteiger partial charge in [-0.1, -0.05) is 40.5 Å². The fourth-order valence-electron chi connectivity index (χ4n) is 1.83. The first-order valence-electron chi connectivity index (χ1n) is 6.32. The molecule has 1 N–H and O–H groups in total. The molecule has 0 atom stereocenters. The second-order valence-corrected chi connectivity index (χ2v) is 5.65. The lowest BCUT2D eigenvalue weighted by molar-refractivity contribution is 0.298. The Morgan fingerprint density at radius 3 is 2.27 bits per heavy atom. The molecular formula is C13H28ClN. The summed E-state index contributed by atoms with van der Waals surface area (Å²) in [6, 6.07) is 0. The smallest absolute Gasteiger partial charge is 0.0223 e.